The van der Waals surface area contributed by atoms with Gasteiger partial charge in [-0.05, 0) is 18.2 Å². The molecule has 4 aromatic rings. The summed E-state index contributed by atoms with van der Waals surface area (Å²) in [6, 6.07) is 8.41. The largest absolute Gasteiger partial charge is 0.416 e. The molecule has 2 heterocycles. The van der Waals surface area contributed by atoms with Gasteiger partial charge in [-0.1, -0.05) is 23.5 Å². The van der Waals surface area contributed by atoms with Gasteiger partial charge in [0.1, 0.15) is 0 Å². The summed E-state index contributed by atoms with van der Waals surface area (Å²) >= 11 is 0.992. The SMILES string of the molecule is N=Cc1c(-c2cccc(C(F)(F)F)c2)[nH]n(-c2nc3ccc([N+](=O)[O-])cc3s2)c1=O. The third-order valence-corrected chi connectivity index (χ3v) is 5.32. The maximum absolute atomic E-state index is 13.0. The predicted octanol–water partition coefficient (Wildman–Crippen LogP) is 4.37. The van der Waals surface area contributed by atoms with Crippen LogP contribution in [0.2, 0.25) is 0 Å². The monoisotopic (exact) mass is 433 g/mol. The van der Waals surface area contributed by atoms with E-state index in [1.54, 1.807) is 0 Å². The highest BCUT2D eigenvalue weighted by Gasteiger charge is 2.31. The van der Waals surface area contributed by atoms with Crippen LogP contribution in [0.3, 0.4) is 0 Å². The summed E-state index contributed by atoms with van der Waals surface area (Å²) in [4.78, 5) is 27.4. The van der Waals surface area contributed by atoms with Crippen molar-refractivity contribution in [2.45, 2.75) is 6.18 Å². The van der Waals surface area contributed by atoms with E-state index in [2.05, 4.69) is 10.1 Å². The Hall–Kier alpha value is -3.80. The molecule has 0 aliphatic rings. The molecule has 2 aromatic carbocycles. The molecule has 2 aromatic heterocycles. The Labute approximate surface area is 168 Å². The average molecular weight is 433 g/mol. The molecule has 0 saturated heterocycles. The quantitative estimate of drug-likeness (QED) is 0.282. The Morgan fingerprint density at radius 3 is 2.67 bits per heavy atom. The number of hydrogen-bond donors (Lipinski definition) is 2. The fraction of sp³-hybridized carbons (Fsp3) is 0.0556. The van der Waals surface area contributed by atoms with Crippen LogP contribution in [-0.4, -0.2) is 25.9 Å². The number of nitrogens with zero attached hydrogens (tertiary/aromatic N) is 3. The number of alkyl halides is 3. The highest BCUT2D eigenvalue weighted by molar-refractivity contribution is 7.20. The van der Waals surface area contributed by atoms with Gasteiger partial charge in [-0.2, -0.15) is 17.9 Å². The number of benzene rings is 2. The normalized spacial score (nSPS) is 11.7. The van der Waals surface area contributed by atoms with Crippen LogP contribution in [0.5, 0.6) is 0 Å². The summed E-state index contributed by atoms with van der Waals surface area (Å²) in [5.74, 6) is 0. The first-order valence-electron chi connectivity index (χ1n) is 8.27. The number of nitro benzene ring substituents is 1. The van der Waals surface area contributed by atoms with Gasteiger partial charge in [-0.25, -0.2) is 4.98 Å². The van der Waals surface area contributed by atoms with E-state index in [4.69, 9.17) is 5.41 Å². The van der Waals surface area contributed by atoms with Gasteiger partial charge in [0.25, 0.3) is 11.2 Å². The molecule has 8 nitrogen and oxygen atoms in total. The van der Waals surface area contributed by atoms with E-state index in [-0.39, 0.29) is 27.6 Å². The van der Waals surface area contributed by atoms with Crippen molar-refractivity contribution in [1.29, 1.82) is 5.41 Å². The lowest BCUT2D eigenvalue weighted by atomic mass is 10.1. The summed E-state index contributed by atoms with van der Waals surface area (Å²) in [5.41, 5.74) is -1.31. The van der Waals surface area contributed by atoms with Crippen LogP contribution >= 0.6 is 11.3 Å². The molecule has 0 saturated carbocycles. The molecule has 30 heavy (non-hydrogen) atoms. The molecule has 0 atom stereocenters. The second-order valence-electron chi connectivity index (χ2n) is 6.17. The van der Waals surface area contributed by atoms with Gasteiger partial charge in [0.2, 0.25) is 5.13 Å². The van der Waals surface area contributed by atoms with Gasteiger partial charge >= 0.3 is 6.18 Å². The standard InChI is InChI=1S/C18H10F3N5O3S/c19-18(20,21)10-3-1-2-9(6-10)15-12(8-22)16(27)25(24-15)17-23-13-5-4-11(26(28)29)7-14(13)30-17/h1-8,22,24H. The molecule has 0 aliphatic carbocycles. The van der Waals surface area contributed by atoms with Crippen molar-refractivity contribution in [2.24, 2.45) is 0 Å². The van der Waals surface area contributed by atoms with Crippen LogP contribution in [0.4, 0.5) is 18.9 Å². The predicted molar refractivity (Wildman–Crippen MR) is 105 cm³/mol. The van der Waals surface area contributed by atoms with Crippen LogP contribution in [0.15, 0.2) is 47.3 Å². The second-order valence-corrected chi connectivity index (χ2v) is 7.18. The van der Waals surface area contributed by atoms with E-state index < -0.39 is 22.2 Å². The van der Waals surface area contributed by atoms with Gasteiger partial charge in [0.05, 0.1) is 32.0 Å². The van der Waals surface area contributed by atoms with E-state index in [1.165, 1.54) is 30.3 Å². The maximum atomic E-state index is 13.0. The molecule has 0 aliphatic heterocycles. The Kier molecular flexibility index (Phi) is 4.50. The fourth-order valence-electron chi connectivity index (χ4n) is 2.90. The number of nitrogens with one attached hydrogen (secondary N) is 2. The minimum atomic E-state index is -4.56. The third kappa shape index (κ3) is 3.26. The van der Waals surface area contributed by atoms with Crippen molar-refractivity contribution in [2.75, 3.05) is 0 Å². The Balaban J connectivity index is 1.87. The van der Waals surface area contributed by atoms with Crippen molar-refractivity contribution in [3.05, 3.63) is 74.1 Å². The highest BCUT2D eigenvalue weighted by Crippen LogP contribution is 2.33. The van der Waals surface area contributed by atoms with E-state index in [0.717, 1.165) is 34.4 Å². The number of aromatic nitrogens is 3. The number of nitro groups is 1. The number of non-ortho nitro benzene ring substituents is 1. The van der Waals surface area contributed by atoms with Crippen molar-refractivity contribution < 1.29 is 18.1 Å². The molecule has 0 fully saturated rings. The second kappa shape index (κ2) is 6.91. The topological polar surface area (TPSA) is 118 Å². The third-order valence-electron chi connectivity index (χ3n) is 4.31. The van der Waals surface area contributed by atoms with Gasteiger partial charge in [-0.15, -0.1) is 0 Å². The number of rotatable bonds is 4. The van der Waals surface area contributed by atoms with Gasteiger partial charge < -0.3 is 5.41 Å². The minimum absolute atomic E-state index is 0.0336. The zero-order valence-electron chi connectivity index (χ0n) is 14.7. The first kappa shape index (κ1) is 19.5. The Morgan fingerprint density at radius 2 is 2.00 bits per heavy atom. The molecule has 12 heteroatoms. The van der Waals surface area contributed by atoms with Crippen LogP contribution in [-0.2, 0) is 6.18 Å². The smallest absolute Gasteiger partial charge is 0.308 e. The first-order valence-corrected chi connectivity index (χ1v) is 9.09. The summed E-state index contributed by atoms with van der Waals surface area (Å²) < 4.78 is 40.6. The number of thiazole rings is 1. The molecular formula is C18H10F3N5O3S. The van der Waals surface area contributed by atoms with E-state index in [1.807, 2.05) is 0 Å². The molecule has 0 bridgehead atoms. The van der Waals surface area contributed by atoms with E-state index in [9.17, 15) is 28.1 Å². The molecular weight excluding hydrogens is 423 g/mol. The lowest BCUT2D eigenvalue weighted by Gasteiger charge is -2.08. The summed E-state index contributed by atoms with van der Waals surface area (Å²) in [5, 5.41) is 21.3. The lowest BCUT2D eigenvalue weighted by molar-refractivity contribution is -0.384. The zero-order chi connectivity index (χ0) is 21.6. The number of hydrogen-bond acceptors (Lipinski definition) is 6. The molecule has 0 unspecified atom stereocenters. The lowest BCUT2D eigenvalue weighted by Crippen LogP contribution is -2.16. The number of halogens is 3. The Morgan fingerprint density at radius 1 is 1.23 bits per heavy atom. The molecule has 0 radical (unpaired) electrons. The van der Waals surface area contributed by atoms with Crippen molar-refractivity contribution in [1.82, 2.24) is 14.8 Å². The van der Waals surface area contributed by atoms with Crippen LogP contribution in [0.25, 0.3) is 26.6 Å². The van der Waals surface area contributed by atoms with Gasteiger partial charge in [0.15, 0.2) is 0 Å². The summed E-state index contributed by atoms with van der Waals surface area (Å²) in [6.07, 6.45) is -3.81. The molecule has 152 valence electrons. The van der Waals surface area contributed by atoms with Crippen LogP contribution in [0.1, 0.15) is 11.1 Å². The molecule has 4 rings (SSSR count). The maximum Gasteiger partial charge on any atom is 0.416 e. The summed E-state index contributed by atoms with van der Waals surface area (Å²) in [6.45, 7) is 0. The van der Waals surface area contributed by atoms with Crippen LogP contribution < -0.4 is 5.56 Å². The van der Waals surface area contributed by atoms with Crippen molar-refractivity contribution >= 4 is 33.5 Å². The summed E-state index contributed by atoms with van der Waals surface area (Å²) in [7, 11) is 0. The van der Waals surface area contributed by atoms with E-state index in [0.29, 0.717) is 10.2 Å². The zero-order valence-corrected chi connectivity index (χ0v) is 15.5. The average Bonchev–Trinajstić information content (AvgIpc) is 3.27. The van der Waals surface area contributed by atoms with Crippen molar-refractivity contribution in [3.8, 4) is 16.4 Å². The first-order chi connectivity index (χ1) is 14.2. The van der Waals surface area contributed by atoms with Crippen LogP contribution in [0, 0.1) is 15.5 Å². The molecule has 2 N–H and O–H groups in total. The highest BCUT2D eigenvalue weighted by atomic mass is 32.1. The minimum Gasteiger partial charge on any atom is -0.308 e. The fourth-order valence-corrected chi connectivity index (χ4v) is 3.86. The van der Waals surface area contributed by atoms with E-state index >= 15 is 0 Å². The molecule has 0 spiro atoms. The number of fused-ring (bicyclic) bond motifs is 1. The van der Waals surface area contributed by atoms with Crippen molar-refractivity contribution in [3.63, 3.8) is 0 Å². The molecule has 0 amide bonds. The Bertz CT molecular complexity index is 1370. The number of H-pyrrole nitrogens is 1. The van der Waals surface area contributed by atoms with Gasteiger partial charge in [-0.3, -0.25) is 20.0 Å². The van der Waals surface area contributed by atoms with Gasteiger partial charge in [0, 0.05) is 23.9 Å². The number of aromatic amines is 1.